The van der Waals surface area contributed by atoms with Crippen LogP contribution in [0.15, 0.2) is 22.7 Å². The van der Waals surface area contributed by atoms with Gasteiger partial charge in [0.25, 0.3) is 0 Å². The van der Waals surface area contributed by atoms with Crippen molar-refractivity contribution >= 4 is 15.9 Å². The molecular weight excluding hydrogens is 317 g/mol. The first-order valence-electron chi connectivity index (χ1n) is 7.71. The molecule has 1 fully saturated rings. The molecule has 0 bridgehead atoms. The standard InChI is InChI=1S/C17H25BrFN/c1-4-20-17(13-9-8-11(2)12(3)10-13)14-6-5-7-15(19)16(14)18/h5-7,11-13,17,20H,4,8-10H2,1-3H3. The third-order valence-electron chi connectivity index (χ3n) is 4.85. The first-order chi connectivity index (χ1) is 9.54. The van der Waals surface area contributed by atoms with Gasteiger partial charge in [-0.15, -0.1) is 0 Å². The second-order valence-corrected chi connectivity index (χ2v) is 7.00. The summed E-state index contributed by atoms with van der Waals surface area (Å²) in [5.74, 6) is 1.99. The van der Waals surface area contributed by atoms with Gasteiger partial charge in [0.05, 0.1) is 4.47 Å². The Morgan fingerprint density at radius 3 is 2.70 bits per heavy atom. The van der Waals surface area contributed by atoms with Crippen LogP contribution in [0.3, 0.4) is 0 Å². The predicted octanol–water partition coefficient (Wildman–Crippen LogP) is 5.31. The maximum Gasteiger partial charge on any atom is 0.137 e. The van der Waals surface area contributed by atoms with Crippen molar-refractivity contribution < 1.29 is 4.39 Å². The van der Waals surface area contributed by atoms with Gasteiger partial charge < -0.3 is 5.32 Å². The zero-order valence-corrected chi connectivity index (χ0v) is 14.2. The van der Waals surface area contributed by atoms with Crippen LogP contribution in [0.25, 0.3) is 0 Å². The van der Waals surface area contributed by atoms with Crippen molar-refractivity contribution in [1.82, 2.24) is 5.32 Å². The third-order valence-corrected chi connectivity index (χ3v) is 5.69. The lowest BCUT2D eigenvalue weighted by Crippen LogP contribution is -2.33. The van der Waals surface area contributed by atoms with Gasteiger partial charge in [0.15, 0.2) is 0 Å². The summed E-state index contributed by atoms with van der Waals surface area (Å²) in [6, 6.07) is 5.63. The van der Waals surface area contributed by atoms with Gasteiger partial charge in [0.2, 0.25) is 0 Å². The highest BCUT2D eigenvalue weighted by Gasteiger charge is 2.31. The van der Waals surface area contributed by atoms with E-state index in [1.165, 1.54) is 25.3 Å². The molecule has 4 unspecified atom stereocenters. The number of hydrogen-bond donors (Lipinski definition) is 1. The van der Waals surface area contributed by atoms with Gasteiger partial charge in [0, 0.05) is 6.04 Å². The van der Waals surface area contributed by atoms with E-state index in [1.54, 1.807) is 0 Å². The Morgan fingerprint density at radius 2 is 2.05 bits per heavy atom. The number of rotatable bonds is 4. The summed E-state index contributed by atoms with van der Waals surface area (Å²) >= 11 is 3.43. The van der Waals surface area contributed by atoms with Gasteiger partial charge in [-0.05, 0) is 64.7 Å². The monoisotopic (exact) mass is 341 g/mol. The minimum atomic E-state index is -0.164. The van der Waals surface area contributed by atoms with Crippen LogP contribution in [0.2, 0.25) is 0 Å². The summed E-state index contributed by atoms with van der Waals surface area (Å²) in [5, 5.41) is 3.58. The van der Waals surface area contributed by atoms with E-state index in [4.69, 9.17) is 0 Å². The molecule has 1 aromatic carbocycles. The second-order valence-electron chi connectivity index (χ2n) is 6.21. The highest BCUT2D eigenvalue weighted by molar-refractivity contribution is 9.10. The molecule has 3 heteroatoms. The van der Waals surface area contributed by atoms with Crippen LogP contribution < -0.4 is 5.32 Å². The SMILES string of the molecule is CCNC(c1cccc(F)c1Br)C1CCC(C)C(C)C1. The fourth-order valence-corrected chi connectivity index (χ4v) is 3.91. The first kappa shape index (κ1) is 16.0. The van der Waals surface area contributed by atoms with E-state index in [2.05, 4.69) is 42.0 Å². The number of hydrogen-bond acceptors (Lipinski definition) is 1. The minimum absolute atomic E-state index is 0.164. The Hall–Kier alpha value is -0.410. The third kappa shape index (κ3) is 3.43. The Labute approximate surface area is 130 Å². The molecule has 112 valence electrons. The molecule has 0 aromatic heterocycles. The zero-order valence-electron chi connectivity index (χ0n) is 12.6. The van der Waals surface area contributed by atoms with Crippen LogP contribution in [0.4, 0.5) is 4.39 Å². The molecule has 0 heterocycles. The Bertz CT molecular complexity index is 449. The maximum atomic E-state index is 13.8. The van der Waals surface area contributed by atoms with E-state index in [0.29, 0.717) is 10.4 Å². The van der Waals surface area contributed by atoms with Crippen molar-refractivity contribution in [3.63, 3.8) is 0 Å². The van der Waals surface area contributed by atoms with Gasteiger partial charge in [-0.25, -0.2) is 4.39 Å². The van der Waals surface area contributed by atoms with Crippen LogP contribution >= 0.6 is 15.9 Å². The van der Waals surface area contributed by atoms with E-state index in [-0.39, 0.29) is 11.9 Å². The molecular formula is C17H25BrFN. The molecule has 0 saturated heterocycles. The van der Waals surface area contributed by atoms with Crippen LogP contribution in [-0.2, 0) is 0 Å². The van der Waals surface area contributed by atoms with Gasteiger partial charge in [-0.2, -0.15) is 0 Å². The van der Waals surface area contributed by atoms with Crippen molar-refractivity contribution in [2.24, 2.45) is 17.8 Å². The Morgan fingerprint density at radius 1 is 1.30 bits per heavy atom. The molecule has 0 aliphatic heterocycles. The molecule has 1 saturated carbocycles. The van der Waals surface area contributed by atoms with Gasteiger partial charge in [-0.1, -0.05) is 39.3 Å². The highest BCUT2D eigenvalue weighted by Crippen LogP contribution is 2.41. The summed E-state index contributed by atoms with van der Waals surface area (Å²) in [6.07, 6.45) is 3.73. The fourth-order valence-electron chi connectivity index (χ4n) is 3.40. The average molecular weight is 342 g/mol. The van der Waals surface area contributed by atoms with Crippen molar-refractivity contribution in [3.8, 4) is 0 Å². The number of halogens is 2. The van der Waals surface area contributed by atoms with Crippen molar-refractivity contribution in [2.45, 2.75) is 46.1 Å². The van der Waals surface area contributed by atoms with E-state index in [9.17, 15) is 4.39 Å². The van der Waals surface area contributed by atoms with E-state index < -0.39 is 0 Å². The Balaban J connectivity index is 2.24. The summed E-state index contributed by atoms with van der Waals surface area (Å²) in [7, 11) is 0. The largest absolute Gasteiger partial charge is 0.310 e. The van der Waals surface area contributed by atoms with Crippen molar-refractivity contribution in [3.05, 3.63) is 34.1 Å². The van der Waals surface area contributed by atoms with Gasteiger partial charge in [0.1, 0.15) is 5.82 Å². The normalized spacial score (nSPS) is 28.4. The molecule has 4 atom stereocenters. The van der Waals surface area contributed by atoms with Crippen LogP contribution in [0.5, 0.6) is 0 Å². The molecule has 1 N–H and O–H groups in total. The molecule has 1 aliphatic carbocycles. The quantitative estimate of drug-likeness (QED) is 0.782. The molecule has 0 radical (unpaired) electrons. The number of nitrogens with one attached hydrogen (secondary N) is 1. The molecule has 1 nitrogen and oxygen atoms in total. The smallest absolute Gasteiger partial charge is 0.137 e. The van der Waals surface area contributed by atoms with E-state index >= 15 is 0 Å². The lowest BCUT2D eigenvalue weighted by atomic mass is 9.72. The summed E-state index contributed by atoms with van der Waals surface area (Å²) < 4.78 is 14.4. The number of benzene rings is 1. The van der Waals surface area contributed by atoms with Crippen LogP contribution in [0, 0.1) is 23.6 Å². The maximum absolute atomic E-state index is 13.8. The van der Waals surface area contributed by atoms with E-state index in [1.807, 2.05) is 12.1 Å². The fraction of sp³-hybridized carbons (Fsp3) is 0.647. The van der Waals surface area contributed by atoms with Crippen LogP contribution in [0.1, 0.15) is 51.6 Å². The second kappa shape index (κ2) is 7.04. The summed E-state index contributed by atoms with van der Waals surface area (Å²) in [4.78, 5) is 0. The topological polar surface area (TPSA) is 12.0 Å². The Kier molecular flexibility index (Phi) is 5.62. The van der Waals surface area contributed by atoms with Crippen molar-refractivity contribution in [2.75, 3.05) is 6.54 Å². The lowest BCUT2D eigenvalue weighted by Gasteiger charge is -2.37. The molecule has 20 heavy (non-hydrogen) atoms. The highest BCUT2D eigenvalue weighted by atomic mass is 79.9. The van der Waals surface area contributed by atoms with Crippen LogP contribution in [-0.4, -0.2) is 6.54 Å². The van der Waals surface area contributed by atoms with Gasteiger partial charge >= 0.3 is 0 Å². The average Bonchev–Trinajstić information content (AvgIpc) is 2.43. The minimum Gasteiger partial charge on any atom is -0.310 e. The predicted molar refractivity (Wildman–Crippen MR) is 86.2 cm³/mol. The first-order valence-corrected chi connectivity index (χ1v) is 8.51. The summed E-state index contributed by atoms with van der Waals surface area (Å²) in [6.45, 7) is 7.73. The van der Waals surface area contributed by atoms with E-state index in [0.717, 1.165) is 23.9 Å². The lowest BCUT2D eigenvalue weighted by molar-refractivity contribution is 0.171. The molecule has 1 aromatic rings. The summed E-state index contributed by atoms with van der Waals surface area (Å²) in [5.41, 5.74) is 1.07. The zero-order chi connectivity index (χ0) is 14.7. The molecule has 1 aliphatic rings. The molecule has 0 amide bonds. The molecule has 2 rings (SSSR count). The van der Waals surface area contributed by atoms with Crippen molar-refractivity contribution in [1.29, 1.82) is 0 Å². The van der Waals surface area contributed by atoms with Gasteiger partial charge in [-0.3, -0.25) is 0 Å². The molecule has 0 spiro atoms.